The fraction of sp³-hybridized carbons (Fsp3) is 0.158. The van der Waals surface area contributed by atoms with Crippen molar-refractivity contribution in [3.63, 3.8) is 0 Å². The maximum Gasteiger partial charge on any atom is 0.255 e. The third-order valence-corrected chi connectivity index (χ3v) is 4.27. The molecule has 3 aromatic rings. The van der Waals surface area contributed by atoms with E-state index in [2.05, 4.69) is 14.9 Å². The summed E-state index contributed by atoms with van der Waals surface area (Å²) in [5, 5.41) is 2.82. The molecule has 0 unspecified atom stereocenters. The van der Waals surface area contributed by atoms with E-state index in [1.165, 1.54) is 24.3 Å². The lowest BCUT2D eigenvalue weighted by molar-refractivity contribution is 0.102. The van der Waals surface area contributed by atoms with Crippen LogP contribution in [0.3, 0.4) is 0 Å². The number of hydrogen-bond acceptors (Lipinski definition) is 2. The second-order valence-electron chi connectivity index (χ2n) is 5.85. The molecule has 0 saturated carbocycles. The van der Waals surface area contributed by atoms with Gasteiger partial charge in [0.25, 0.3) is 5.91 Å². The van der Waals surface area contributed by atoms with Crippen LogP contribution in [0.1, 0.15) is 22.6 Å². The minimum absolute atomic E-state index is 0.256. The Balaban J connectivity index is 1.51. The lowest BCUT2D eigenvalue weighted by Gasteiger charge is -2.08. The molecule has 1 N–H and O–H groups in total. The zero-order valence-electron chi connectivity index (χ0n) is 13.0. The number of hydrogen-bond donors (Lipinski definition) is 1. The van der Waals surface area contributed by atoms with E-state index in [0.717, 1.165) is 36.5 Å². The number of halogens is 1. The Labute approximate surface area is 139 Å². The first-order valence-electron chi connectivity index (χ1n) is 7.92. The summed E-state index contributed by atoms with van der Waals surface area (Å²) >= 11 is 0. The number of benzene rings is 2. The number of nitrogens with one attached hydrogen (secondary N) is 1. The highest BCUT2D eigenvalue weighted by molar-refractivity contribution is 6.04. The molecule has 1 amide bonds. The number of rotatable bonds is 3. The molecule has 1 aromatic heterocycles. The predicted octanol–water partition coefficient (Wildman–Crippen LogP) is 3.89. The van der Waals surface area contributed by atoms with Crippen molar-refractivity contribution >= 4 is 11.6 Å². The number of carbonyl (C=O) groups excluding carboxylic acids is 1. The van der Waals surface area contributed by atoms with Crippen LogP contribution < -0.4 is 5.32 Å². The van der Waals surface area contributed by atoms with Gasteiger partial charge in [-0.15, -0.1) is 0 Å². The Morgan fingerprint density at radius 2 is 1.83 bits per heavy atom. The van der Waals surface area contributed by atoms with Crippen molar-refractivity contribution in [2.75, 3.05) is 5.32 Å². The molecule has 0 bridgehead atoms. The molecule has 120 valence electrons. The maximum absolute atomic E-state index is 12.9. The van der Waals surface area contributed by atoms with Crippen LogP contribution in [0.4, 0.5) is 10.1 Å². The topological polar surface area (TPSA) is 46.9 Å². The Morgan fingerprint density at radius 3 is 2.58 bits per heavy atom. The van der Waals surface area contributed by atoms with Crippen LogP contribution in [-0.2, 0) is 13.0 Å². The molecule has 0 aliphatic carbocycles. The van der Waals surface area contributed by atoms with E-state index in [-0.39, 0.29) is 11.7 Å². The molecule has 0 saturated heterocycles. The number of carbonyl (C=O) groups is 1. The highest BCUT2D eigenvalue weighted by Gasteiger charge is 2.16. The lowest BCUT2D eigenvalue weighted by atomic mass is 10.1. The van der Waals surface area contributed by atoms with Gasteiger partial charge in [-0.05, 0) is 48.4 Å². The molecular formula is C19H16FN3O. The van der Waals surface area contributed by atoms with Crippen molar-refractivity contribution in [2.24, 2.45) is 0 Å². The van der Waals surface area contributed by atoms with Gasteiger partial charge in [0.2, 0.25) is 0 Å². The van der Waals surface area contributed by atoms with Crippen LogP contribution in [-0.4, -0.2) is 15.5 Å². The molecule has 24 heavy (non-hydrogen) atoms. The number of aryl methyl sites for hydroxylation is 1. The van der Waals surface area contributed by atoms with Crippen molar-refractivity contribution in [3.05, 3.63) is 71.9 Å². The lowest BCUT2D eigenvalue weighted by Crippen LogP contribution is -2.11. The minimum Gasteiger partial charge on any atom is -0.328 e. The summed E-state index contributed by atoms with van der Waals surface area (Å²) in [6.45, 7) is 1.01. The van der Waals surface area contributed by atoms with E-state index in [4.69, 9.17) is 0 Å². The molecule has 4 rings (SSSR count). The molecule has 0 spiro atoms. The number of anilines is 1. The van der Waals surface area contributed by atoms with Crippen molar-refractivity contribution in [1.82, 2.24) is 9.55 Å². The van der Waals surface area contributed by atoms with Crippen LogP contribution in [0.15, 0.2) is 54.7 Å². The largest absolute Gasteiger partial charge is 0.328 e. The van der Waals surface area contributed by atoms with Gasteiger partial charge in [-0.25, -0.2) is 9.37 Å². The average Bonchev–Trinajstić information content (AvgIpc) is 3.20. The quantitative estimate of drug-likeness (QED) is 0.795. The van der Waals surface area contributed by atoms with Gasteiger partial charge in [0, 0.05) is 24.2 Å². The average molecular weight is 321 g/mol. The molecular weight excluding hydrogens is 305 g/mol. The van der Waals surface area contributed by atoms with Crippen LogP contribution >= 0.6 is 0 Å². The Bertz CT molecular complexity index is 882. The number of nitrogens with zero attached hydrogens (tertiary/aromatic N) is 2. The number of amides is 1. The molecule has 0 fully saturated rings. The van der Waals surface area contributed by atoms with Crippen LogP contribution in [0.5, 0.6) is 0 Å². The summed E-state index contributed by atoms with van der Waals surface area (Å²) < 4.78 is 15.2. The van der Waals surface area contributed by atoms with Crippen LogP contribution in [0, 0.1) is 5.82 Å². The molecule has 4 nitrogen and oxygen atoms in total. The summed E-state index contributed by atoms with van der Waals surface area (Å²) in [6.07, 6.45) is 4.08. The van der Waals surface area contributed by atoms with E-state index in [1.54, 1.807) is 0 Å². The smallest absolute Gasteiger partial charge is 0.255 e. The first-order chi connectivity index (χ1) is 11.7. The summed E-state index contributed by atoms with van der Waals surface area (Å²) in [4.78, 5) is 16.6. The monoisotopic (exact) mass is 321 g/mol. The number of fused-ring (bicyclic) bond motifs is 1. The van der Waals surface area contributed by atoms with Gasteiger partial charge in [0.1, 0.15) is 11.6 Å². The summed E-state index contributed by atoms with van der Waals surface area (Å²) in [5.74, 6) is 0.524. The second kappa shape index (κ2) is 5.92. The van der Waals surface area contributed by atoms with Crippen molar-refractivity contribution in [2.45, 2.75) is 19.4 Å². The summed E-state index contributed by atoms with van der Waals surface area (Å²) in [6, 6.07) is 13.2. The van der Waals surface area contributed by atoms with Gasteiger partial charge in [0.05, 0.1) is 11.9 Å². The molecule has 5 heteroatoms. The van der Waals surface area contributed by atoms with Gasteiger partial charge in [0.15, 0.2) is 0 Å². The highest BCUT2D eigenvalue weighted by atomic mass is 19.1. The summed E-state index contributed by atoms with van der Waals surface area (Å²) in [5.41, 5.74) is 3.32. The maximum atomic E-state index is 12.9. The Morgan fingerprint density at radius 1 is 1.08 bits per heavy atom. The normalized spacial score (nSPS) is 12.9. The highest BCUT2D eigenvalue weighted by Crippen LogP contribution is 2.26. The molecule has 1 aliphatic rings. The fourth-order valence-corrected chi connectivity index (χ4v) is 3.02. The molecule has 2 heterocycles. The van der Waals surface area contributed by atoms with Crippen molar-refractivity contribution in [3.8, 4) is 11.3 Å². The van der Waals surface area contributed by atoms with E-state index in [9.17, 15) is 9.18 Å². The zero-order valence-corrected chi connectivity index (χ0v) is 13.0. The number of imidazole rings is 1. The SMILES string of the molecule is O=C(Nc1ccc(-c2cnc3n2CCC3)cc1)c1ccc(F)cc1. The zero-order chi connectivity index (χ0) is 16.5. The van der Waals surface area contributed by atoms with Crippen molar-refractivity contribution in [1.29, 1.82) is 0 Å². The third-order valence-electron chi connectivity index (χ3n) is 4.27. The summed E-state index contributed by atoms with van der Waals surface area (Å²) in [7, 11) is 0. The molecule has 0 radical (unpaired) electrons. The van der Waals surface area contributed by atoms with Gasteiger partial charge in [-0.1, -0.05) is 12.1 Å². The standard InChI is InChI=1S/C19H16FN3O/c20-15-7-3-14(4-8-15)19(24)22-16-9-5-13(6-10-16)17-12-21-18-2-1-11-23(17)18/h3-10,12H,1-2,11H2,(H,22,24). The number of aromatic nitrogens is 2. The second-order valence-corrected chi connectivity index (χ2v) is 5.85. The van der Waals surface area contributed by atoms with Crippen molar-refractivity contribution < 1.29 is 9.18 Å². The third kappa shape index (κ3) is 2.69. The van der Waals surface area contributed by atoms with Gasteiger partial charge in [-0.3, -0.25) is 4.79 Å². The van der Waals surface area contributed by atoms with E-state index in [1.807, 2.05) is 30.5 Å². The Hall–Kier alpha value is -2.95. The van der Waals surface area contributed by atoms with E-state index in [0.29, 0.717) is 11.3 Å². The molecule has 0 atom stereocenters. The van der Waals surface area contributed by atoms with E-state index >= 15 is 0 Å². The molecule has 1 aliphatic heterocycles. The fourth-order valence-electron chi connectivity index (χ4n) is 3.02. The predicted molar refractivity (Wildman–Crippen MR) is 90.3 cm³/mol. The van der Waals surface area contributed by atoms with Gasteiger partial charge < -0.3 is 9.88 Å². The first kappa shape index (κ1) is 14.6. The van der Waals surface area contributed by atoms with Crippen LogP contribution in [0.25, 0.3) is 11.3 Å². The van der Waals surface area contributed by atoms with Gasteiger partial charge in [-0.2, -0.15) is 0 Å². The first-order valence-corrected chi connectivity index (χ1v) is 7.92. The molecule has 2 aromatic carbocycles. The van der Waals surface area contributed by atoms with Gasteiger partial charge >= 0.3 is 0 Å². The van der Waals surface area contributed by atoms with Crippen LogP contribution in [0.2, 0.25) is 0 Å². The van der Waals surface area contributed by atoms with E-state index < -0.39 is 0 Å². The Kier molecular flexibility index (Phi) is 3.61. The minimum atomic E-state index is -0.357.